The first-order valence-corrected chi connectivity index (χ1v) is 8.85. The molecule has 6 heteroatoms. The summed E-state index contributed by atoms with van der Waals surface area (Å²) in [6.45, 7) is 4.29. The van der Waals surface area contributed by atoms with Crippen molar-refractivity contribution < 1.29 is 19.1 Å². The monoisotopic (exact) mass is 375 g/mol. The summed E-state index contributed by atoms with van der Waals surface area (Å²) in [7, 11) is 0. The van der Waals surface area contributed by atoms with Crippen LogP contribution in [0.2, 0.25) is 5.02 Å². The predicted molar refractivity (Wildman–Crippen MR) is 97.3 cm³/mol. The molecule has 0 aliphatic heterocycles. The smallest absolute Gasteiger partial charge is 0.335 e. The maximum Gasteiger partial charge on any atom is 0.335 e. The Morgan fingerprint density at radius 2 is 2.00 bits per heavy atom. The van der Waals surface area contributed by atoms with E-state index in [0.29, 0.717) is 13.0 Å². The minimum atomic E-state index is -1.01. The number of benzene rings is 2. The van der Waals surface area contributed by atoms with Gasteiger partial charge in [-0.25, -0.2) is 9.18 Å². The Balaban J connectivity index is 2.02. The lowest BCUT2D eigenvalue weighted by Crippen LogP contribution is -2.34. The number of nitrogens with zero attached hydrogens (tertiary/aromatic N) is 1. The summed E-state index contributed by atoms with van der Waals surface area (Å²) in [6, 6.07) is 8.94. The van der Waals surface area contributed by atoms with Gasteiger partial charge in [0.2, 0.25) is 0 Å². The molecule has 1 aliphatic rings. The van der Waals surface area contributed by atoms with Crippen LogP contribution in [0.3, 0.4) is 0 Å². The molecule has 0 saturated carbocycles. The highest BCUT2D eigenvalue weighted by atomic mass is 35.5. The largest absolute Gasteiger partial charge is 0.478 e. The zero-order chi connectivity index (χ0) is 19.0. The number of carboxylic acids is 1. The van der Waals surface area contributed by atoms with Crippen LogP contribution in [0, 0.1) is 5.82 Å². The zero-order valence-electron chi connectivity index (χ0n) is 14.5. The average molecular weight is 376 g/mol. The van der Waals surface area contributed by atoms with E-state index in [1.807, 2.05) is 19.9 Å². The number of aromatic carboxylic acids is 1. The zero-order valence-corrected chi connectivity index (χ0v) is 15.3. The molecule has 3 rings (SSSR count). The van der Waals surface area contributed by atoms with Crippen LogP contribution in [0.4, 0.5) is 4.39 Å². The Morgan fingerprint density at radius 3 is 2.65 bits per heavy atom. The van der Waals surface area contributed by atoms with E-state index in [1.165, 1.54) is 18.2 Å². The Morgan fingerprint density at radius 1 is 1.27 bits per heavy atom. The van der Waals surface area contributed by atoms with E-state index < -0.39 is 11.8 Å². The van der Waals surface area contributed by atoms with Crippen LogP contribution < -0.4 is 0 Å². The summed E-state index contributed by atoms with van der Waals surface area (Å²) in [6.07, 6.45) is 0.685. The molecule has 1 N–H and O–H groups in total. The second kappa shape index (κ2) is 7.08. The predicted octanol–water partition coefficient (Wildman–Crippen LogP) is 4.89. The second-order valence-corrected chi connectivity index (χ2v) is 6.87. The normalized spacial score (nSPS) is 18.5. The fraction of sp³-hybridized carbons (Fsp3) is 0.300. The summed E-state index contributed by atoms with van der Waals surface area (Å²) in [5, 5.41) is 9.09. The maximum atomic E-state index is 13.8. The van der Waals surface area contributed by atoms with E-state index >= 15 is 0 Å². The molecule has 2 aromatic rings. The van der Waals surface area contributed by atoms with Crippen LogP contribution in [0.15, 0.2) is 36.4 Å². The summed E-state index contributed by atoms with van der Waals surface area (Å²) in [5.74, 6) is -1.80. The third-order valence-corrected chi connectivity index (χ3v) is 5.34. The number of amides is 1. The van der Waals surface area contributed by atoms with Gasteiger partial charge in [-0.15, -0.1) is 0 Å². The van der Waals surface area contributed by atoms with Crippen molar-refractivity contribution in [2.45, 2.75) is 32.2 Å². The molecule has 0 saturated heterocycles. The van der Waals surface area contributed by atoms with Crippen LogP contribution in [-0.2, 0) is 0 Å². The minimum Gasteiger partial charge on any atom is -0.478 e. The van der Waals surface area contributed by atoms with Gasteiger partial charge in [-0.3, -0.25) is 4.79 Å². The first-order valence-electron chi connectivity index (χ1n) is 8.47. The quantitative estimate of drug-likeness (QED) is 0.827. The molecule has 1 aliphatic carbocycles. The first-order chi connectivity index (χ1) is 12.3. The van der Waals surface area contributed by atoms with E-state index in [4.69, 9.17) is 11.6 Å². The topological polar surface area (TPSA) is 57.6 Å². The summed E-state index contributed by atoms with van der Waals surface area (Å²) in [4.78, 5) is 26.0. The van der Waals surface area contributed by atoms with Crippen molar-refractivity contribution in [3.63, 3.8) is 0 Å². The molecule has 0 aromatic heterocycles. The van der Waals surface area contributed by atoms with Crippen LogP contribution in [0.25, 0.3) is 0 Å². The number of hydrogen-bond acceptors (Lipinski definition) is 2. The Kier molecular flexibility index (Phi) is 5.01. The molecule has 2 atom stereocenters. The molecule has 2 aromatic carbocycles. The van der Waals surface area contributed by atoms with Gasteiger partial charge in [0.05, 0.1) is 22.2 Å². The SMILES string of the molecule is CCN(C(=O)c1cccc(F)c1Cl)C1C[C@@H](C)c2ccc(C(=O)O)cc21. The van der Waals surface area contributed by atoms with Crippen molar-refractivity contribution in [3.8, 4) is 0 Å². The van der Waals surface area contributed by atoms with Gasteiger partial charge in [0, 0.05) is 6.54 Å². The van der Waals surface area contributed by atoms with Crippen molar-refractivity contribution >= 4 is 23.5 Å². The lowest BCUT2D eigenvalue weighted by Gasteiger charge is -2.29. The number of hydrogen-bond donors (Lipinski definition) is 1. The van der Waals surface area contributed by atoms with Gasteiger partial charge in [0.15, 0.2) is 0 Å². The minimum absolute atomic E-state index is 0.115. The van der Waals surface area contributed by atoms with Crippen molar-refractivity contribution in [2.24, 2.45) is 0 Å². The summed E-state index contributed by atoms with van der Waals surface area (Å²) >= 11 is 5.99. The first kappa shape index (κ1) is 18.4. The van der Waals surface area contributed by atoms with E-state index in [1.54, 1.807) is 17.0 Å². The molecule has 0 spiro atoms. The molecule has 1 amide bonds. The number of carboxylic acid groups (broad SMARTS) is 1. The molecule has 0 bridgehead atoms. The van der Waals surface area contributed by atoms with Gasteiger partial charge in [-0.2, -0.15) is 0 Å². The van der Waals surface area contributed by atoms with E-state index in [-0.39, 0.29) is 34.0 Å². The van der Waals surface area contributed by atoms with Crippen molar-refractivity contribution in [2.75, 3.05) is 6.54 Å². The van der Waals surface area contributed by atoms with Gasteiger partial charge in [-0.05, 0) is 54.7 Å². The molecular formula is C20H19ClFNO3. The number of carbonyl (C=O) groups is 2. The number of fused-ring (bicyclic) bond motifs is 1. The lowest BCUT2D eigenvalue weighted by atomic mass is 10.0. The highest BCUT2D eigenvalue weighted by Crippen LogP contribution is 2.44. The molecule has 136 valence electrons. The standard InChI is InChI=1S/C20H19ClFNO3/c1-3-23(19(24)14-5-4-6-16(22)18(14)21)17-9-11(2)13-8-7-12(20(25)26)10-15(13)17/h4-8,10-11,17H,3,9H2,1-2H3,(H,25,26)/t11-,17?/m1/s1. The fourth-order valence-corrected chi connectivity index (χ4v) is 3.87. The fourth-order valence-electron chi connectivity index (χ4n) is 3.66. The molecule has 0 fully saturated rings. The van der Waals surface area contributed by atoms with Crippen molar-refractivity contribution in [3.05, 3.63) is 69.5 Å². The Hall–Kier alpha value is -2.40. The molecule has 4 nitrogen and oxygen atoms in total. The highest BCUT2D eigenvalue weighted by Gasteiger charge is 2.35. The molecule has 1 unspecified atom stereocenters. The van der Waals surface area contributed by atoms with Crippen LogP contribution in [-0.4, -0.2) is 28.4 Å². The van der Waals surface area contributed by atoms with Gasteiger partial charge in [0.25, 0.3) is 5.91 Å². The molecule has 0 radical (unpaired) electrons. The molecule has 0 heterocycles. The maximum absolute atomic E-state index is 13.8. The third kappa shape index (κ3) is 3.07. The van der Waals surface area contributed by atoms with Crippen LogP contribution in [0.1, 0.15) is 64.1 Å². The van der Waals surface area contributed by atoms with Gasteiger partial charge < -0.3 is 10.0 Å². The molecular weight excluding hydrogens is 357 g/mol. The van der Waals surface area contributed by atoms with Gasteiger partial charge in [-0.1, -0.05) is 30.7 Å². The highest BCUT2D eigenvalue weighted by molar-refractivity contribution is 6.34. The van der Waals surface area contributed by atoms with Crippen molar-refractivity contribution in [1.82, 2.24) is 4.90 Å². The van der Waals surface area contributed by atoms with E-state index in [2.05, 4.69) is 0 Å². The van der Waals surface area contributed by atoms with Crippen molar-refractivity contribution in [1.29, 1.82) is 0 Å². The summed E-state index contributed by atoms with van der Waals surface area (Å²) in [5.41, 5.74) is 2.18. The second-order valence-electron chi connectivity index (χ2n) is 6.49. The molecule has 26 heavy (non-hydrogen) atoms. The van der Waals surface area contributed by atoms with E-state index in [9.17, 15) is 19.1 Å². The van der Waals surface area contributed by atoms with E-state index in [0.717, 1.165) is 11.1 Å². The Labute approximate surface area is 156 Å². The lowest BCUT2D eigenvalue weighted by molar-refractivity contribution is 0.0684. The number of halogens is 2. The van der Waals surface area contributed by atoms with Gasteiger partial charge >= 0.3 is 5.97 Å². The van der Waals surface area contributed by atoms with Gasteiger partial charge in [0.1, 0.15) is 5.82 Å². The summed E-state index contributed by atoms with van der Waals surface area (Å²) < 4.78 is 13.8. The van der Waals surface area contributed by atoms with Crippen LogP contribution >= 0.6 is 11.6 Å². The number of rotatable bonds is 4. The average Bonchev–Trinajstić information content (AvgIpc) is 2.94. The Bertz CT molecular complexity index is 883. The van der Waals surface area contributed by atoms with Crippen LogP contribution in [0.5, 0.6) is 0 Å². The number of carbonyl (C=O) groups excluding carboxylic acids is 1. The third-order valence-electron chi connectivity index (χ3n) is 4.96.